The molecule has 1 aliphatic heterocycles. The molecule has 1 aromatic rings. The van der Waals surface area contributed by atoms with Crippen molar-refractivity contribution in [3.05, 3.63) is 18.0 Å². The zero-order valence-electron chi connectivity index (χ0n) is 11.7. The van der Waals surface area contributed by atoms with Gasteiger partial charge in [-0.25, -0.2) is 16.8 Å². The summed E-state index contributed by atoms with van der Waals surface area (Å²) >= 11 is 7.20. The molecule has 1 aliphatic rings. The summed E-state index contributed by atoms with van der Waals surface area (Å²) in [5, 5.41) is -1.01. The lowest BCUT2D eigenvalue weighted by molar-refractivity contribution is 0.405. The molecule has 2 rings (SSSR count). The van der Waals surface area contributed by atoms with Gasteiger partial charge in [-0.05, 0) is 6.07 Å². The van der Waals surface area contributed by atoms with Crippen molar-refractivity contribution in [2.45, 2.75) is 16.1 Å². The van der Waals surface area contributed by atoms with Crippen LogP contribution in [-0.2, 0) is 32.8 Å². The zero-order valence-corrected chi connectivity index (χ0v) is 14.9. The fraction of sp³-hybridized carbons (Fsp3) is 0.636. The smallest absolute Gasteiger partial charge is 0.245 e. The standard InChI is InChI=1S/C11H17ClN2O4S3/c1-13-7-10(5-9(13)6-12)21(17,18)14-3-4-19-8-11(14)20(2,15)16/h5,7,11H,3-4,6,8H2,1-2H3. The van der Waals surface area contributed by atoms with Crippen LogP contribution < -0.4 is 0 Å². The molecule has 0 aliphatic carbocycles. The van der Waals surface area contributed by atoms with Crippen LogP contribution in [0, 0.1) is 0 Å². The van der Waals surface area contributed by atoms with Gasteiger partial charge in [0.15, 0.2) is 9.84 Å². The fourth-order valence-corrected chi connectivity index (χ4v) is 7.70. The molecule has 0 spiro atoms. The summed E-state index contributed by atoms with van der Waals surface area (Å²) < 4.78 is 51.9. The normalized spacial score (nSPS) is 21.6. The number of rotatable bonds is 4. The van der Waals surface area contributed by atoms with Gasteiger partial charge >= 0.3 is 0 Å². The minimum Gasteiger partial charge on any atom is -0.352 e. The van der Waals surface area contributed by atoms with Gasteiger partial charge in [-0.15, -0.1) is 11.6 Å². The molecule has 10 heteroatoms. The molecule has 0 saturated carbocycles. The summed E-state index contributed by atoms with van der Waals surface area (Å²) in [5.74, 6) is 1.03. The number of aromatic nitrogens is 1. The van der Waals surface area contributed by atoms with Crippen molar-refractivity contribution in [2.75, 3.05) is 24.3 Å². The Hall–Kier alpha value is -0.220. The van der Waals surface area contributed by atoms with Crippen molar-refractivity contribution in [2.24, 2.45) is 7.05 Å². The Morgan fingerprint density at radius 1 is 1.38 bits per heavy atom. The van der Waals surface area contributed by atoms with E-state index in [1.807, 2.05) is 0 Å². The van der Waals surface area contributed by atoms with Crippen molar-refractivity contribution in [1.82, 2.24) is 8.87 Å². The van der Waals surface area contributed by atoms with E-state index in [-0.39, 0.29) is 23.1 Å². The second-order valence-electron chi connectivity index (χ2n) is 4.89. The molecule has 0 radical (unpaired) electrons. The first-order chi connectivity index (χ1) is 9.67. The lowest BCUT2D eigenvalue weighted by Crippen LogP contribution is -2.49. The van der Waals surface area contributed by atoms with E-state index in [2.05, 4.69) is 0 Å². The second-order valence-corrected chi connectivity index (χ2v) is 10.4. The molecule has 0 amide bonds. The molecular formula is C11H17ClN2O4S3. The molecule has 1 saturated heterocycles. The maximum atomic E-state index is 12.7. The molecule has 0 aromatic carbocycles. The van der Waals surface area contributed by atoms with Gasteiger partial charge in [0.1, 0.15) is 10.3 Å². The Morgan fingerprint density at radius 3 is 2.57 bits per heavy atom. The number of sulfone groups is 1. The van der Waals surface area contributed by atoms with Crippen molar-refractivity contribution >= 4 is 43.2 Å². The maximum absolute atomic E-state index is 12.7. The lowest BCUT2D eigenvalue weighted by atomic mass is 10.5. The maximum Gasteiger partial charge on any atom is 0.245 e. The van der Waals surface area contributed by atoms with Crippen LogP contribution >= 0.6 is 23.4 Å². The molecule has 2 heterocycles. The van der Waals surface area contributed by atoms with E-state index < -0.39 is 25.2 Å². The number of thioether (sulfide) groups is 1. The number of aryl methyl sites for hydroxylation is 1. The third kappa shape index (κ3) is 3.42. The molecule has 1 aromatic heterocycles. The van der Waals surface area contributed by atoms with Crippen LogP contribution in [0.5, 0.6) is 0 Å². The summed E-state index contributed by atoms with van der Waals surface area (Å²) in [6.07, 6.45) is 2.54. The van der Waals surface area contributed by atoms with Crippen molar-refractivity contribution in [3.63, 3.8) is 0 Å². The van der Waals surface area contributed by atoms with Crippen LogP contribution in [0.2, 0.25) is 0 Å². The molecule has 1 unspecified atom stereocenters. The van der Waals surface area contributed by atoms with Gasteiger partial charge in [-0.1, -0.05) is 0 Å². The molecule has 1 atom stereocenters. The first kappa shape index (κ1) is 17.1. The van der Waals surface area contributed by atoms with E-state index >= 15 is 0 Å². The number of halogens is 1. The molecular weight excluding hydrogens is 356 g/mol. The Labute approximate surface area is 134 Å². The van der Waals surface area contributed by atoms with E-state index in [1.54, 1.807) is 11.6 Å². The highest BCUT2D eigenvalue weighted by Gasteiger charge is 2.39. The topological polar surface area (TPSA) is 76.5 Å². The highest BCUT2D eigenvalue weighted by molar-refractivity contribution is 8.01. The Bertz CT molecular complexity index is 727. The average Bonchev–Trinajstić information content (AvgIpc) is 2.80. The van der Waals surface area contributed by atoms with E-state index in [0.29, 0.717) is 11.4 Å². The van der Waals surface area contributed by atoms with Gasteiger partial charge in [0, 0.05) is 43.2 Å². The van der Waals surface area contributed by atoms with E-state index in [1.165, 1.54) is 24.0 Å². The van der Waals surface area contributed by atoms with Gasteiger partial charge < -0.3 is 4.57 Å². The van der Waals surface area contributed by atoms with Crippen LogP contribution in [0.15, 0.2) is 17.2 Å². The van der Waals surface area contributed by atoms with Gasteiger partial charge in [-0.3, -0.25) is 0 Å². The second kappa shape index (κ2) is 6.11. The molecule has 6 nitrogen and oxygen atoms in total. The highest BCUT2D eigenvalue weighted by atomic mass is 35.5. The number of nitrogens with zero attached hydrogens (tertiary/aromatic N) is 2. The predicted molar refractivity (Wildman–Crippen MR) is 84.8 cm³/mol. The van der Waals surface area contributed by atoms with Gasteiger partial charge in [0.25, 0.3) is 0 Å². The van der Waals surface area contributed by atoms with Crippen molar-refractivity contribution in [1.29, 1.82) is 0 Å². The first-order valence-electron chi connectivity index (χ1n) is 6.17. The van der Waals surface area contributed by atoms with Gasteiger partial charge in [0.05, 0.1) is 5.88 Å². The number of hydrogen-bond acceptors (Lipinski definition) is 5. The Balaban J connectivity index is 2.45. The number of alkyl halides is 1. The third-order valence-corrected chi connectivity index (χ3v) is 8.28. The monoisotopic (exact) mass is 372 g/mol. The molecule has 0 bridgehead atoms. The van der Waals surface area contributed by atoms with Crippen LogP contribution in [0.25, 0.3) is 0 Å². The molecule has 21 heavy (non-hydrogen) atoms. The SMILES string of the molecule is Cn1cc(S(=O)(=O)N2CCSCC2S(C)(=O)=O)cc1CCl. The van der Waals surface area contributed by atoms with Gasteiger partial charge in [0.2, 0.25) is 10.0 Å². The van der Waals surface area contributed by atoms with Crippen LogP contribution in [0.1, 0.15) is 5.69 Å². The fourth-order valence-electron chi connectivity index (χ4n) is 2.16. The first-order valence-corrected chi connectivity index (χ1v) is 11.3. The summed E-state index contributed by atoms with van der Waals surface area (Å²) in [7, 11) is -5.62. The Kier molecular flexibility index (Phi) is 4.99. The number of hydrogen-bond donors (Lipinski definition) is 0. The molecule has 0 N–H and O–H groups in total. The van der Waals surface area contributed by atoms with Crippen LogP contribution in [0.4, 0.5) is 0 Å². The highest BCUT2D eigenvalue weighted by Crippen LogP contribution is 2.28. The molecule has 120 valence electrons. The third-order valence-electron chi connectivity index (χ3n) is 3.36. The number of sulfonamides is 1. The minimum atomic E-state index is -3.84. The summed E-state index contributed by atoms with van der Waals surface area (Å²) in [6, 6.07) is 1.49. The zero-order chi connectivity index (χ0) is 15.8. The largest absolute Gasteiger partial charge is 0.352 e. The summed E-state index contributed by atoms with van der Waals surface area (Å²) in [4.78, 5) is 0.0844. The van der Waals surface area contributed by atoms with Crippen molar-refractivity contribution in [3.8, 4) is 0 Å². The molecule has 1 fully saturated rings. The average molecular weight is 373 g/mol. The van der Waals surface area contributed by atoms with E-state index in [9.17, 15) is 16.8 Å². The quantitative estimate of drug-likeness (QED) is 0.733. The van der Waals surface area contributed by atoms with Crippen LogP contribution in [-0.4, -0.2) is 55.4 Å². The summed E-state index contributed by atoms with van der Waals surface area (Å²) in [5.41, 5.74) is 0.664. The van der Waals surface area contributed by atoms with Crippen LogP contribution in [0.3, 0.4) is 0 Å². The minimum absolute atomic E-state index is 0.0844. The van der Waals surface area contributed by atoms with Gasteiger partial charge in [-0.2, -0.15) is 16.1 Å². The predicted octanol–water partition coefficient (Wildman–Crippen LogP) is 0.872. The van der Waals surface area contributed by atoms with Crippen molar-refractivity contribution < 1.29 is 16.8 Å². The lowest BCUT2D eigenvalue weighted by Gasteiger charge is -2.32. The Morgan fingerprint density at radius 2 is 2.05 bits per heavy atom. The van der Waals surface area contributed by atoms with E-state index in [4.69, 9.17) is 11.6 Å². The van der Waals surface area contributed by atoms with E-state index in [0.717, 1.165) is 10.6 Å². The summed E-state index contributed by atoms with van der Waals surface area (Å²) in [6.45, 7) is 0.190.